The van der Waals surface area contributed by atoms with Crippen LogP contribution in [-0.2, 0) is 9.59 Å². The Morgan fingerprint density at radius 3 is 2.45 bits per heavy atom. The third kappa shape index (κ3) is 5.15. The van der Waals surface area contributed by atoms with Crippen LogP contribution in [0.3, 0.4) is 0 Å². The van der Waals surface area contributed by atoms with Crippen LogP contribution < -0.4 is 10.6 Å². The number of likely N-dealkylation sites (N-methyl/N-ethyl adjacent to an activating group) is 1. The van der Waals surface area contributed by atoms with Crippen LogP contribution in [0.2, 0.25) is 0 Å². The van der Waals surface area contributed by atoms with Gasteiger partial charge in [0.1, 0.15) is 6.04 Å². The molecule has 0 radical (unpaired) electrons. The van der Waals surface area contributed by atoms with Gasteiger partial charge in [0.05, 0.1) is 28.2 Å². The molecular formula is C24H34N4O2S. The highest BCUT2D eigenvalue weighted by atomic mass is 32.1. The standard InChI is InChI=1S/C24H34N4O2S/c1-15(17-9-11-18(12-10-17)20-16(2)26-14-31-20)27-22(29)19-8-7-13-28(19)23(30)21(25-6)24(3,4)5/h9-12,14-15,19,21,25H,7-8,13H2,1-6H3,(H,27,29). The van der Waals surface area contributed by atoms with E-state index in [-0.39, 0.29) is 29.3 Å². The van der Waals surface area contributed by atoms with E-state index < -0.39 is 6.04 Å². The summed E-state index contributed by atoms with van der Waals surface area (Å²) in [5, 5.41) is 6.26. The molecule has 3 unspecified atom stereocenters. The number of carbonyl (C=O) groups is 2. The fraction of sp³-hybridized carbons (Fsp3) is 0.542. The Kier molecular flexibility index (Phi) is 7.17. The van der Waals surface area contributed by atoms with Gasteiger partial charge in [-0.3, -0.25) is 9.59 Å². The minimum atomic E-state index is -0.410. The lowest BCUT2D eigenvalue weighted by Gasteiger charge is -2.35. The molecule has 2 heterocycles. The maximum atomic E-state index is 13.2. The molecular weight excluding hydrogens is 408 g/mol. The van der Waals surface area contributed by atoms with Crippen molar-refractivity contribution in [3.8, 4) is 10.4 Å². The molecule has 2 aromatic rings. The van der Waals surface area contributed by atoms with Gasteiger partial charge in [0.15, 0.2) is 0 Å². The minimum Gasteiger partial charge on any atom is -0.348 e. The first kappa shape index (κ1) is 23.4. The van der Waals surface area contributed by atoms with E-state index in [2.05, 4.69) is 27.8 Å². The second-order valence-corrected chi connectivity index (χ2v) is 10.3. The Morgan fingerprint density at radius 1 is 1.23 bits per heavy atom. The van der Waals surface area contributed by atoms with E-state index in [1.54, 1.807) is 23.3 Å². The largest absolute Gasteiger partial charge is 0.348 e. The van der Waals surface area contributed by atoms with E-state index in [1.807, 2.05) is 52.3 Å². The van der Waals surface area contributed by atoms with Crippen LogP contribution >= 0.6 is 11.3 Å². The summed E-state index contributed by atoms with van der Waals surface area (Å²) in [5.41, 5.74) is 4.84. The Balaban J connectivity index is 1.67. The predicted octanol–water partition coefficient (Wildman–Crippen LogP) is 3.92. The van der Waals surface area contributed by atoms with Gasteiger partial charge in [-0.25, -0.2) is 4.98 Å². The fourth-order valence-corrected chi connectivity index (χ4v) is 5.10. The smallest absolute Gasteiger partial charge is 0.243 e. The number of aromatic nitrogens is 1. The minimum absolute atomic E-state index is 0.00424. The number of hydrogen-bond donors (Lipinski definition) is 2. The maximum absolute atomic E-state index is 13.2. The third-order valence-corrected chi connectivity index (χ3v) is 6.99. The van der Waals surface area contributed by atoms with Crippen molar-refractivity contribution in [3.63, 3.8) is 0 Å². The van der Waals surface area contributed by atoms with E-state index in [0.717, 1.165) is 23.2 Å². The van der Waals surface area contributed by atoms with Crippen LogP contribution in [0.25, 0.3) is 10.4 Å². The molecule has 1 saturated heterocycles. The lowest BCUT2D eigenvalue weighted by atomic mass is 9.86. The highest BCUT2D eigenvalue weighted by Crippen LogP contribution is 2.29. The monoisotopic (exact) mass is 442 g/mol. The van der Waals surface area contributed by atoms with Crippen LogP contribution in [0.15, 0.2) is 29.8 Å². The SMILES string of the molecule is CNC(C(=O)N1CCCC1C(=O)NC(C)c1ccc(-c2scnc2C)cc1)C(C)(C)C. The first-order valence-corrected chi connectivity index (χ1v) is 11.8. The summed E-state index contributed by atoms with van der Waals surface area (Å²) in [5.74, 6) is -0.0749. The quantitative estimate of drug-likeness (QED) is 0.711. The average molecular weight is 443 g/mol. The van der Waals surface area contributed by atoms with E-state index in [4.69, 9.17) is 0 Å². The number of likely N-dealkylation sites (tertiary alicyclic amines) is 1. The van der Waals surface area contributed by atoms with Gasteiger partial charge in [-0.2, -0.15) is 0 Å². The summed E-state index contributed by atoms with van der Waals surface area (Å²) in [6.45, 7) is 10.7. The summed E-state index contributed by atoms with van der Waals surface area (Å²) in [6, 6.07) is 7.38. The Labute approximate surface area is 189 Å². The molecule has 6 nitrogen and oxygen atoms in total. The van der Waals surface area contributed by atoms with E-state index in [1.165, 1.54) is 4.88 Å². The molecule has 0 aliphatic carbocycles. The molecule has 3 rings (SSSR count). The van der Waals surface area contributed by atoms with Gasteiger partial charge in [-0.15, -0.1) is 11.3 Å². The molecule has 1 aromatic carbocycles. The van der Waals surface area contributed by atoms with Gasteiger partial charge in [0, 0.05) is 6.54 Å². The zero-order valence-electron chi connectivity index (χ0n) is 19.4. The zero-order valence-corrected chi connectivity index (χ0v) is 20.2. The summed E-state index contributed by atoms with van der Waals surface area (Å²) >= 11 is 1.63. The molecule has 168 valence electrons. The van der Waals surface area contributed by atoms with Crippen molar-refractivity contribution in [2.24, 2.45) is 5.41 Å². The highest BCUT2D eigenvalue weighted by molar-refractivity contribution is 7.13. The van der Waals surface area contributed by atoms with Gasteiger partial charge in [0.2, 0.25) is 11.8 Å². The molecule has 1 aliphatic rings. The van der Waals surface area contributed by atoms with Gasteiger partial charge in [-0.1, -0.05) is 45.0 Å². The zero-order chi connectivity index (χ0) is 22.8. The van der Waals surface area contributed by atoms with Crippen molar-refractivity contribution in [1.29, 1.82) is 0 Å². The van der Waals surface area contributed by atoms with Crippen molar-refractivity contribution in [2.45, 2.75) is 65.6 Å². The van der Waals surface area contributed by atoms with Crippen LogP contribution in [0, 0.1) is 12.3 Å². The molecule has 0 spiro atoms. The molecule has 0 saturated carbocycles. The Bertz CT molecular complexity index is 916. The molecule has 2 N–H and O–H groups in total. The van der Waals surface area contributed by atoms with Crippen LogP contribution in [0.1, 0.15) is 57.8 Å². The third-order valence-electron chi connectivity index (χ3n) is 6.02. The summed E-state index contributed by atoms with van der Waals surface area (Å²) in [6.07, 6.45) is 1.55. The van der Waals surface area contributed by atoms with Crippen molar-refractivity contribution in [3.05, 3.63) is 41.0 Å². The van der Waals surface area contributed by atoms with Crippen LogP contribution in [-0.4, -0.2) is 47.4 Å². The lowest BCUT2D eigenvalue weighted by molar-refractivity contribution is -0.142. The summed E-state index contributed by atoms with van der Waals surface area (Å²) < 4.78 is 0. The number of nitrogens with one attached hydrogen (secondary N) is 2. The maximum Gasteiger partial charge on any atom is 0.243 e. The topological polar surface area (TPSA) is 74.3 Å². The second-order valence-electron chi connectivity index (χ2n) is 9.40. The summed E-state index contributed by atoms with van der Waals surface area (Å²) in [4.78, 5) is 33.5. The molecule has 1 fully saturated rings. The second kappa shape index (κ2) is 9.49. The molecule has 3 atom stereocenters. The van der Waals surface area contributed by atoms with Crippen molar-refractivity contribution in [1.82, 2.24) is 20.5 Å². The molecule has 1 aliphatic heterocycles. The molecule has 0 bridgehead atoms. The van der Waals surface area contributed by atoms with Crippen molar-refractivity contribution >= 4 is 23.2 Å². The van der Waals surface area contributed by atoms with Crippen molar-refractivity contribution < 1.29 is 9.59 Å². The van der Waals surface area contributed by atoms with Crippen LogP contribution in [0.5, 0.6) is 0 Å². The van der Waals surface area contributed by atoms with Gasteiger partial charge >= 0.3 is 0 Å². The average Bonchev–Trinajstić information content (AvgIpc) is 3.36. The normalized spacial score (nSPS) is 18.6. The molecule has 2 amide bonds. The molecule has 7 heteroatoms. The number of nitrogens with zero attached hydrogens (tertiary/aromatic N) is 2. The van der Waals surface area contributed by atoms with Gasteiger partial charge in [0.25, 0.3) is 0 Å². The highest BCUT2D eigenvalue weighted by Gasteiger charge is 2.40. The first-order chi connectivity index (χ1) is 14.6. The van der Waals surface area contributed by atoms with E-state index in [0.29, 0.717) is 13.0 Å². The van der Waals surface area contributed by atoms with Crippen molar-refractivity contribution in [2.75, 3.05) is 13.6 Å². The number of thiazole rings is 1. The van der Waals surface area contributed by atoms with Gasteiger partial charge < -0.3 is 15.5 Å². The lowest BCUT2D eigenvalue weighted by Crippen LogP contribution is -2.55. The first-order valence-electron chi connectivity index (χ1n) is 10.9. The summed E-state index contributed by atoms with van der Waals surface area (Å²) in [7, 11) is 1.80. The Morgan fingerprint density at radius 2 is 1.90 bits per heavy atom. The predicted molar refractivity (Wildman–Crippen MR) is 126 cm³/mol. The molecule has 31 heavy (non-hydrogen) atoms. The Hall–Kier alpha value is -2.25. The number of hydrogen-bond acceptors (Lipinski definition) is 5. The number of carbonyl (C=O) groups excluding carboxylic acids is 2. The molecule has 1 aromatic heterocycles. The van der Waals surface area contributed by atoms with E-state index in [9.17, 15) is 9.59 Å². The number of benzene rings is 1. The number of rotatable bonds is 6. The van der Waals surface area contributed by atoms with Gasteiger partial charge in [-0.05, 0) is 50.3 Å². The number of aryl methyl sites for hydroxylation is 1. The van der Waals surface area contributed by atoms with Crippen LogP contribution in [0.4, 0.5) is 0 Å². The van der Waals surface area contributed by atoms with E-state index >= 15 is 0 Å². The fourth-order valence-electron chi connectivity index (χ4n) is 4.29. The number of amides is 2.